The molecule has 2 aromatic heterocycles. The molecule has 5 rings (SSSR count). The smallest absolute Gasteiger partial charge is 0.0753 e. The monoisotopic (exact) mass is 320 g/mol. The van der Waals surface area contributed by atoms with Crippen LogP contribution in [0.5, 0.6) is 0 Å². The third-order valence-electron chi connectivity index (χ3n) is 4.82. The van der Waals surface area contributed by atoms with Crippen molar-refractivity contribution in [2.75, 3.05) is 0 Å². The summed E-state index contributed by atoms with van der Waals surface area (Å²) in [5.41, 5.74) is 9.64. The van der Waals surface area contributed by atoms with E-state index in [1.807, 2.05) is 18.5 Å². The van der Waals surface area contributed by atoms with Crippen LogP contribution in [0.25, 0.3) is 33.6 Å². The van der Waals surface area contributed by atoms with Crippen LogP contribution in [0.4, 0.5) is 0 Å². The first-order valence-corrected chi connectivity index (χ1v) is 8.48. The standard InChI is InChI=1S/C23H16N2/c1-2-6-17(7-3-1)22-15-20(16-10-12-24-13-11-16)21-14-18-8-4-5-9-19(18)23(21)25-22/h1-13,15H,14H2. The van der Waals surface area contributed by atoms with Crippen LogP contribution in [-0.2, 0) is 6.42 Å². The Hall–Kier alpha value is -3.26. The molecular weight excluding hydrogens is 304 g/mol. The molecule has 0 unspecified atom stereocenters. The van der Waals surface area contributed by atoms with Crippen LogP contribution in [0, 0.1) is 0 Å². The molecule has 2 nitrogen and oxygen atoms in total. The average molecular weight is 320 g/mol. The lowest BCUT2D eigenvalue weighted by Crippen LogP contribution is -1.94. The molecule has 0 N–H and O–H groups in total. The van der Waals surface area contributed by atoms with E-state index in [4.69, 9.17) is 4.98 Å². The Morgan fingerprint density at radius 3 is 2.28 bits per heavy atom. The fraction of sp³-hybridized carbons (Fsp3) is 0.0435. The maximum absolute atomic E-state index is 5.04. The first-order valence-electron chi connectivity index (χ1n) is 8.48. The Morgan fingerprint density at radius 1 is 0.680 bits per heavy atom. The molecule has 0 atom stereocenters. The second-order valence-electron chi connectivity index (χ2n) is 6.32. The van der Waals surface area contributed by atoms with Gasteiger partial charge in [0.25, 0.3) is 0 Å². The molecule has 25 heavy (non-hydrogen) atoms. The van der Waals surface area contributed by atoms with Crippen LogP contribution in [0.15, 0.2) is 85.2 Å². The van der Waals surface area contributed by atoms with Crippen LogP contribution >= 0.6 is 0 Å². The zero-order valence-electron chi connectivity index (χ0n) is 13.7. The summed E-state index contributed by atoms with van der Waals surface area (Å²) in [5, 5.41) is 0. The van der Waals surface area contributed by atoms with Crippen molar-refractivity contribution >= 4 is 0 Å². The molecule has 2 heteroatoms. The average Bonchev–Trinajstić information content (AvgIpc) is 3.07. The van der Waals surface area contributed by atoms with Crippen LogP contribution in [0.2, 0.25) is 0 Å². The van der Waals surface area contributed by atoms with E-state index in [1.54, 1.807) is 0 Å². The van der Waals surface area contributed by atoms with Crippen LogP contribution < -0.4 is 0 Å². The van der Waals surface area contributed by atoms with Crippen molar-refractivity contribution in [3.05, 3.63) is 96.3 Å². The van der Waals surface area contributed by atoms with E-state index in [9.17, 15) is 0 Å². The number of rotatable bonds is 2. The summed E-state index contributed by atoms with van der Waals surface area (Å²) in [6.07, 6.45) is 4.64. The Bertz CT molecular complexity index is 1050. The summed E-state index contributed by atoms with van der Waals surface area (Å²) in [5.74, 6) is 0. The van der Waals surface area contributed by atoms with Crippen molar-refractivity contribution < 1.29 is 0 Å². The molecule has 0 bridgehead atoms. The molecule has 0 spiro atoms. The van der Waals surface area contributed by atoms with Gasteiger partial charge in [0.05, 0.1) is 11.4 Å². The second kappa shape index (κ2) is 5.67. The van der Waals surface area contributed by atoms with Gasteiger partial charge in [-0.2, -0.15) is 0 Å². The van der Waals surface area contributed by atoms with Gasteiger partial charge >= 0.3 is 0 Å². The van der Waals surface area contributed by atoms with Crippen molar-refractivity contribution in [1.29, 1.82) is 0 Å². The summed E-state index contributed by atoms with van der Waals surface area (Å²) in [7, 11) is 0. The van der Waals surface area contributed by atoms with Gasteiger partial charge in [0.15, 0.2) is 0 Å². The topological polar surface area (TPSA) is 25.8 Å². The van der Waals surface area contributed by atoms with Gasteiger partial charge < -0.3 is 0 Å². The maximum atomic E-state index is 5.04. The Balaban J connectivity index is 1.80. The van der Waals surface area contributed by atoms with Crippen molar-refractivity contribution in [3.63, 3.8) is 0 Å². The highest BCUT2D eigenvalue weighted by Crippen LogP contribution is 2.42. The Labute approximate surface area is 146 Å². The molecule has 1 aliphatic rings. The molecule has 0 aliphatic heterocycles. The highest BCUT2D eigenvalue weighted by molar-refractivity contribution is 5.85. The molecule has 0 fully saturated rings. The molecule has 118 valence electrons. The zero-order valence-corrected chi connectivity index (χ0v) is 13.7. The maximum Gasteiger partial charge on any atom is 0.0753 e. The number of nitrogens with zero attached hydrogens (tertiary/aromatic N) is 2. The van der Waals surface area contributed by atoms with Crippen LogP contribution in [0.3, 0.4) is 0 Å². The molecule has 0 saturated heterocycles. The number of hydrogen-bond acceptors (Lipinski definition) is 2. The molecule has 0 amide bonds. The number of pyridine rings is 2. The number of benzene rings is 2. The van der Waals surface area contributed by atoms with E-state index in [-0.39, 0.29) is 0 Å². The van der Waals surface area contributed by atoms with Gasteiger partial charge in [-0.05, 0) is 40.5 Å². The summed E-state index contributed by atoms with van der Waals surface area (Å²) in [6, 6.07) is 25.3. The molecule has 2 aromatic carbocycles. The van der Waals surface area contributed by atoms with Crippen LogP contribution in [-0.4, -0.2) is 9.97 Å². The predicted octanol–water partition coefficient (Wildman–Crippen LogP) is 5.38. The van der Waals surface area contributed by atoms with Gasteiger partial charge in [-0.25, -0.2) is 4.98 Å². The van der Waals surface area contributed by atoms with E-state index in [0.29, 0.717) is 0 Å². The summed E-state index contributed by atoms with van der Waals surface area (Å²) in [4.78, 5) is 9.20. The van der Waals surface area contributed by atoms with Gasteiger partial charge in [-0.3, -0.25) is 4.98 Å². The fourth-order valence-electron chi connectivity index (χ4n) is 3.62. The third-order valence-corrected chi connectivity index (χ3v) is 4.82. The first-order chi connectivity index (χ1) is 12.4. The van der Waals surface area contributed by atoms with Crippen molar-refractivity contribution in [1.82, 2.24) is 9.97 Å². The van der Waals surface area contributed by atoms with Crippen molar-refractivity contribution in [3.8, 4) is 33.6 Å². The zero-order chi connectivity index (χ0) is 16.6. The minimum absolute atomic E-state index is 0.936. The quantitative estimate of drug-likeness (QED) is 0.436. The number of fused-ring (bicyclic) bond motifs is 3. The lowest BCUT2D eigenvalue weighted by molar-refractivity contribution is 1.23. The normalized spacial score (nSPS) is 11.8. The van der Waals surface area contributed by atoms with Gasteiger partial charge in [0, 0.05) is 29.9 Å². The van der Waals surface area contributed by atoms with Gasteiger partial charge in [-0.15, -0.1) is 0 Å². The van der Waals surface area contributed by atoms with E-state index < -0.39 is 0 Å². The van der Waals surface area contributed by atoms with Gasteiger partial charge in [-0.1, -0.05) is 54.6 Å². The molecule has 2 heterocycles. The van der Waals surface area contributed by atoms with E-state index in [2.05, 4.69) is 71.7 Å². The Kier molecular flexibility index (Phi) is 3.20. The van der Waals surface area contributed by atoms with Crippen molar-refractivity contribution in [2.24, 2.45) is 0 Å². The summed E-state index contributed by atoms with van der Waals surface area (Å²) in [6.45, 7) is 0. The summed E-state index contributed by atoms with van der Waals surface area (Å²) < 4.78 is 0. The summed E-state index contributed by atoms with van der Waals surface area (Å²) >= 11 is 0. The van der Waals surface area contributed by atoms with E-state index >= 15 is 0 Å². The van der Waals surface area contributed by atoms with Crippen LogP contribution in [0.1, 0.15) is 11.1 Å². The Morgan fingerprint density at radius 2 is 1.44 bits per heavy atom. The first kappa shape index (κ1) is 14.1. The lowest BCUT2D eigenvalue weighted by Gasteiger charge is -2.12. The molecule has 4 aromatic rings. The van der Waals surface area contributed by atoms with E-state index in [1.165, 1.54) is 27.8 Å². The molecule has 0 radical (unpaired) electrons. The highest BCUT2D eigenvalue weighted by atomic mass is 14.7. The SMILES string of the molecule is c1ccc(-c2cc(-c3ccncc3)c3c(n2)-c2ccccc2C3)cc1. The minimum atomic E-state index is 0.936. The minimum Gasteiger partial charge on any atom is -0.265 e. The van der Waals surface area contributed by atoms with Gasteiger partial charge in [0.1, 0.15) is 0 Å². The largest absolute Gasteiger partial charge is 0.265 e. The number of hydrogen-bond donors (Lipinski definition) is 0. The van der Waals surface area contributed by atoms with E-state index in [0.717, 1.165) is 23.4 Å². The highest BCUT2D eigenvalue weighted by Gasteiger charge is 2.24. The van der Waals surface area contributed by atoms with Gasteiger partial charge in [0.2, 0.25) is 0 Å². The van der Waals surface area contributed by atoms with Crippen molar-refractivity contribution in [2.45, 2.75) is 6.42 Å². The predicted molar refractivity (Wildman–Crippen MR) is 101 cm³/mol. The fourth-order valence-corrected chi connectivity index (χ4v) is 3.62. The third kappa shape index (κ3) is 2.34. The lowest BCUT2D eigenvalue weighted by atomic mass is 9.97. The molecule has 0 saturated carbocycles. The molecular formula is C23H16N2. The number of aromatic nitrogens is 2. The molecule has 1 aliphatic carbocycles. The second-order valence-corrected chi connectivity index (χ2v) is 6.32.